The highest BCUT2D eigenvalue weighted by atomic mass is 16.3. The van der Waals surface area contributed by atoms with Crippen LogP contribution in [0.25, 0.3) is 0 Å². The van der Waals surface area contributed by atoms with E-state index in [-0.39, 0.29) is 12.0 Å². The Morgan fingerprint density at radius 2 is 2.14 bits per heavy atom. The Morgan fingerprint density at radius 3 is 2.86 bits per heavy atom. The van der Waals surface area contributed by atoms with Gasteiger partial charge in [-0.15, -0.1) is 0 Å². The Labute approximate surface area is 127 Å². The van der Waals surface area contributed by atoms with Crippen LogP contribution in [-0.4, -0.2) is 42.7 Å². The van der Waals surface area contributed by atoms with Crippen molar-refractivity contribution in [2.75, 3.05) is 20.6 Å². The number of carbonyl (C=O) groups is 1. The Bertz CT molecular complexity index is 476. The summed E-state index contributed by atoms with van der Waals surface area (Å²) in [4.78, 5) is 13.9. The molecule has 4 heteroatoms. The summed E-state index contributed by atoms with van der Waals surface area (Å²) >= 11 is 0. The van der Waals surface area contributed by atoms with Crippen molar-refractivity contribution in [3.63, 3.8) is 0 Å². The normalized spacial score (nSPS) is 22.3. The molecule has 1 aliphatic rings. The van der Waals surface area contributed by atoms with Crippen molar-refractivity contribution >= 4 is 5.91 Å². The molecule has 2 rings (SSSR count). The van der Waals surface area contributed by atoms with E-state index in [4.69, 9.17) is 0 Å². The zero-order valence-electron chi connectivity index (χ0n) is 13.0. The fraction of sp³-hybridized carbons (Fsp3) is 0.588. The molecule has 1 fully saturated rings. The Balaban J connectivity index is 1.92. The van der Waals surface area contributed by atoms with E-state index in [0.29, 0.717) is 11.5 Å². The molecule has 2 N–H and O–H groups in total. The molecule has 4 nitrogen and oxygen atoms in total. The maximum Gasteiger partial charge on any atom is 0.251 e. The van der Waals surface area contributed by atoms with Gasteiger partial charge in [0.2, 0.25) is 0 Å². The third kappa shape index (κ3) is 4.55. The summed E-state index contributed by atoms with van der Waals surface area (Å²) in [6, 6.07) is 7.73. The molecule has 0 aromatic heterocycles. The van der Waals surface area contributed by atoms with Crippen molar-refractivity contribution in [3.05, 3.63) is 35.4 Å². The van der Waals surface area contributed by atoms with Crippen LogP contribution in [0, 0.1) is 5.92 Å². The van der Waals surface area contributed by atoms with Gasteiger partial charge in [0, 0.05) is 25.7 Å². The highest BCUT2D eigenvalue weighted by Crippen LogP contribution is 2.25. The first kappa shape index (κ1) is 16.0. The molecule has 116 valence electrons. The number of carbonyl (C=O) groups excluding carboxylic acids is 1. The van der Waals surface area contributed by atoms with Crippen LogP contribution in [0.2, 0.25) is 0 Å². The molecule has 21 heavy (non-hydrogen) atoms. The zero-order valence-corrected chi connectivity index (χ0v) is 13.0. The molecule has 0 aliphatic heterocycles. The second-order valence-corrected chi connectivity index (χ2v) is 6.09. The van der Waals surface area contributed by atoms with Crippen LogP contribution < -0.4 is 5.32 Å². The van der Waals surface area contributed by atoms with E-state index in [1.807, 2.05) is 24.3 Å². The quantitative estimate of drug-likeness (QED) is 0.872. The maximum absolute atomic E-state index is 11.7. The van der Waals surface area contributed by atoms with Crippen molar-refractivity contribution in [2.45, 2.75) is 38.3 Å². The molecule has 0 spiro atoms. The predicted molar refractivity (Wildman–Crippen MR) is 84.1 cm³/mol. The van der Waals surface area contributed by atoms with Crippen molar-refractivity contribution in [2.24, 2.45) is 5.92 Å². The summed E-state index contributed by atoms with van der Waals surface area (Å²) in [5.41, 5.74) is 1.82. The van der Waals surface area contributed by atoms with Crippen molar-refractivity contribution in [3.8, 4) is 0 Å². The zero-order chi connectivity index (χ0) is 15.2. The number of aliphatic hydroxyl groups excluding tert-OH is 1. The smallest absolute Gasteiger partial charge is 0.251 e. The molecule has 0 saturated heterocycles. The van der Waals surface area contributed by atoms with Crippen LogP contribution in [0.5, 0.6) is 0 Å². The van der Waals surface area contributed by atoms with E-state index in [2.05, 4.69) is 17.3 Å². The van der Waals surface area contributed by atoms with Crippen LogP contribution in [-0.2, 0) is 6.54 Å². The van der Waals surface area contributed by atoms with Gasteiger partial charge in [0.05, 0.1) is 6.10 Å². The average molecular weight is 290 g/mol. The average Bonchev–Trinajstić information content (AvgIpc) is 2.49. The lowest BCUT2D eigenvalue weighted by Crippen LogP contribution is -2.34. The summed E-state index contributed by atoms with van der Waals surface area (Å²) in [6.45, 7) is 1.71. The Hall–Kier alpha value is -1.39. The maximum atomic E-state index is 11.7. The molecule has 1 amide bonds. The minimum Gasteiger partial charge on any atom is -0.393 e. The number of nitrogens with one attached hydrogen (secondary N) is 1. The first-order valence-electron chi connectivity index (χ1n) is 7.77. The standard InChI is InChI=1S/C17H26N2O2/c1-18-17(21)14-8-5-6-13(10-14)11-19(2)12-15-7-3-4-9-16(15)20/h5-6,8,10,15-16,20H,3-4,7,9,11-12H2,1-2H3,(H,18,21). The van der Waals surface area contributed by atoms with Gasteiger partial charge in [0.1, 0.15) is 0 Å². The highest BCUT2D eigenvalue weighted by molar-refractivity contribution is 5.94. The summed E-state index contributed by atoms with van der Waals surface area (Å²) < 4.78 is 0. The van der Waals surface area contributed by atoms with Gasteiger partial charge >= 0.3 is 0 Å². The molecular formula is C17H26N2O2. The fourth-order valence-electron chi connectivity index (χ4n) is 3.13. The van der Waals surface area contributed by atoms with Gasteiger partial charge in [-0.25, -0.2) is 0 Å². The molecule has 2 atom stereocenters. The third-order valence-corrected chi connectivity index (χ3v) is 4.28. The van der Waals surface area contributed by atoms with Gasteiger partial charge in [-0.2, -0.15) is 0 Å². The lowest BCUT2D eigenvalue weighted by atomic mass is 9.86. The summed E-state index contributed by atoms with van der Waals surface area (Å²) in [7, 11) is 3.72. The number of rotatable bonds is 5. The van der Waals surface area contributed by atoms with E-state index in [0.717, 1.165) is 37.9 Å². The highest BCUT2D eigenvalue weighted by Gasteiger charge is 2.24. The molecule has 0 radical (unpaired) electrons. The molecule has 1 aliphatic carbocycles. The molecule has 1 aromatic rings. The van der Waals surface area contributed by atoms with Crippen molar-refractivity contribution in [1.82, 2.24) is 10.2 Å². The van der Waals surface area contributed by atoms with Crippen molar-refractivity contribution < 1.29 is 9.90 Å². The minimum atomic E-state index is -0.154. The van der Waals surface area contributed by atoms with Crippen LogP contribution in [0.4, 0.5) is 0 Å². The van der Waals surface area contributed by atoms with Crippen LogP contribution >= 0.6 is 0 Å². The second-order valence-electron chi connectivity index (χ2n) is 6.09. The van der Waals surface area contributed by atoms with E-state index in [1.54, 1.807) is 7.05 Å². The first-order valence-corrected chi connectivity index (χ1v) is 7.77. The van der Waals surface area contributed by atoms with Crippen molar-refractivity contribution in [1.29, 1.82) is 0 Å². The lowest BCUT2D eigenvalue weighted by Gasteiger charge is -2.31. The monoisotopic (exact) mass is 290 g/mol. The van der Waals surface area contributed by atoms with Gasteiger partial charge in [-0.05, 0) is 43.5 Å². The van der Waals surface area contributed by atoms with Gasteiger partial charge in [-0.3, -0.25) is 4.79 Å². The largest absolute Gasteiger partial charge is 0.393 e. The Kier molecular flexibility index (Phi) is 5.76. The number of hydrogen-bond donors (Lipinski definition) is 2. The lowest BCUT2D eigenvalue weighted by molar-refractivity contribution is 0.0502. The van der Waals surface area contributed by atoms with Gasteiger partial charge in [0.25, 0.3) is 5.91 Å². The number of benzene rings is 1. The van der Waals surface area contributed by atoms with Gasteiger partial charge in [0.15, 0.2) is 0 Å². The number of aliphatic hydroxyl groups is 1. The summed E-state index contributed by atoms with van der Waals surface area (Å²) in [5, 5.41) is 12.7. The SMILES string of the molecule is CNC(=O)c1cccc(CN(C)CC2CCCCC2O)c1. The van der Waals surface area contributed by atoms with Crippen LogP contribution in [0.3, 0.4) is 0 Å². The van der Waals surface area contributed by atoms with Crippen LogP contribution in [0.15, 0.2) is 24.3 Å². The van der Waals surface area contributed by atoms with E-state index in [1.165, 1.54) is 6.42 Å². The molecule has 2 unspecified atom stereocenters. The minimum absolute atomic E-state index is 0.0535. The fourth-order valence-corrected chi connectivity index (χ4v) is 3.13. The topological polar surface area (TPSA) is 52.6 Å². The number of hydrogen-bond acceptors (Lipinski definition) is 3. The molecule has 1 saturated carbocycles. The summed E-state index contributed by atoms with van der Waals surface area (Å²) in [6.07, 6.45) is 4.27. The molecular weight excluding hydrogens is 264 g/mol. The number of amides is 1. The number of nitrogens with zero attached hydrogens (tertiary/aromatic N) is 1. The van der Waals surface area contributed by atoms with E-state index >= 15 is 0 Å². The van der Waals surface area contributed by atoms with E-state index < -0.39 is 0 Å². The first-order chi connectivity index (χ1) is 10.1. The van der Waals surface area contributed by atoms with Gasteiger partial charge in [-0.1, -0.05) is 25.0 Å². The Morgan fingerprint density at radius 1 is 1.38 bits per heavy atom. The predicted octanol–water partition coefficient (Wildman–Crippen LogP) is 2.03. The van der Waals surface area contributed by atoms with Crippen LogP contribution in [0.1, 0.15) is 41.6 Å². The molecule has 1 aromatic carbocycles. The third-order valence-electron chi connectivity index (χ3n) is 4.28. The molecule has 0 heterocycles. The second kappa shape index (κ2) is 7.57. The summed E-state index contributed by atoms with van der Waals surface area (Å²) in [5.74, 6) is 0.327. The molecule has 0 bridgehead atoms. The van der Waals surface area contributed by atoms with Gasteiger partial charge < -0.3 is 15.3 Å². The van der Waals surface area contributed by atoms with E-state index in [9.17, 15) is 9.90 Å².